The van der Waals surface area contributed by atoms with Gasteiger partial charge in [0.15, 0.2) is 0 Å². The lowest BCUT2D eigenvalue weighted by atomic mass is 10.1. The maximum atomic E-state index is 8.82. The minimum atomic E-state index is 0.216. The Kier molecular flexibility index (Phi) is 5.68. The number of thioether (sulfide) groups is 1. The smallest absolute Gasteiger partial charge is 0.0525 e. The molecule has 1 unspecified atom stereocenters. The number of rotatable bonds is 5. The number of benzene rings is 1. The van der Waals surface area contributed by atoms with Gasteiger partial charge in [-0.2, -0.15) is 0 Å². The molecule has 1 atom stereocenters. The monoisotopic (exact) mass is 289 g/mol. The fourth-order valence-corrected chi connectivity index (χ4v) is 2.56. The molecule has 15 heavy (non-hydrogen) atoms. The molecule has 84 valence electrons. The van der Waals surface area contributed by atoms with Gasteiger partial charge in [0, 0.05) is 21.2 Å². The summed E-state index contributed by atoms with van der Waals surface area (Å²) < 4.78 is 1.09. The highest BCUT2D eigenvalue weighted by atomic mass is 79.9. The summed E-state index contributed by atoms with van der Waals surface area (Å²) in [5, 5.41) is 12.1. The van der Waals surface area contributed by atoms with Gasteiger partial charge in [-0.25, -0.2) is 0 Å². The van der Waals surface area contributed by atoms with Gasteiger partial charge in [0.05, 0.1) is 6.61 Å². The molecular weight excluding hydrogens is 274 g/mol. The molecule has 4 heteroatoms. The van der Waals surface area contributed by atoms with Gasteiger partial charge in [0.25, 0.3) is 0 Å². The second-order valence-electron chi connectivity index (χ2n) is 3.26. The Hall–Kier alpha value is -0.0300. The summed E-state index contributed by atoms with van der Waals surface area (Å²) in [7, 11) is 1.95. The van der Waals surface area contributed by atoms with Gasteiger partial charge in [-0.3, -0.25) is 0 Å². The Morgan fingerprint density at radius 2 is 2.27 bits per heavy atom. The molecule has 1 aromatic carbocycles. The van der Waals surface area contributed by atoms with E-state index in [-0.39, 0.29) is 6.61 Å². The lowest BCUT2D eigenvalue weighted by molar-refractivity contribution is 0.322. The van der Waals surface area contributed by atoms with Gasteiger partial charge in [-0.15, -0.1) is 11.8 Å². The molecule has 0 spiro atoms. The molecule has 1 rings (SSSR count). The molecule has 2 N–H and O–H groups in total. The summed E-state index contributed by atoms with van der Waals surface area (Å²) in [5.74, 6) is 0.741. The third-order valence-corrected chi connectivity index (χ3v) is 3.78. The van der Waals surface area contributed by atoms with E-state index in [9.17, 15) is 0 Å². The standard InChI is InChI=1S/C11H16BrNOS/c1-8(13-2)10-7-9(12)3-4-11(10)15-6-5-14/h3-4,7-8,13-14H,5-6H2,1-2H3. The molecule has 0 aliphatic rings. The fraction of sp³-hybridized carbons (Fsp3) is 0.455. The Morgan fingerprint density at radius 1 is 1.53 bits per heavy atom. The van der Waals surface area contributed by atoms with Crippen LogP contribution in [0.1, 0.15) is 18.5 Å². The summed E-state index contributed by atoms with van der Waals surface area (Å²) in [6, 6.07) is 6.57. The topological polar surface area (TPSA) is 32.3 Å². The summed E-state index contributed by atoms with van der Waals surface area (Å²) in [6.07, 6.45) is 0. The second-order valence-corrected chi connectivity index (χ2v) is 5.32. The van der Waals surface area contributed by atoms with Gasteiger partial charge in [0.1, 0.15) is 0 Å². The molecule has 0 amide bonds. The van der Waals surface area contributed by atoms with Gasteiger partial charge in [0.2, 0.25) is 0 Å². The van der Waals surface area contributed by atoms with Crippen molar-refractivity contribution in [2.45, 2.75) is 17.9 Å². The number of hydrogen-bond acceptors (Lipinski definition) is 3. The van der Waals surface area contributed by atoms with Crippen LogP contribution < -0.4 is 5.32 Å². The van der Waals surface area contributed by atoms with Crippen LogP contribution in [0.4, 0.5) is 0 Å². The predicted octanol–water partition coefficient (Wildman–Crippen LogP) is 2.81. The SMILES string of the molecule is CNC(C)c1cc(Br)ccc1SCCO. The zero-order chi connectivity index (χ0) is 11.3. The summed E-state index contributed by atoms with van der Waals surface area (Å²) in [6.45, 7) is 2.35. The Morgan fingerprint density at radius 3 is 2.87 bits per heavy atom. The van der Waals surface area contributed by atoms with Crippen molar-refractivity contribution in [1.82, 2.24) is 5.32 Å². The average Bonchev–Trinajstić information content (AvgIpc) is 2.26. The summed E-state index contributed by atoms with van der Waals surface area (Å²) >= 11 is 5.16. The van der Waals surface area contributed by atoms with Crippen molar-refractivity contribution in [3.05, 3.63) is 28.2 Å². The van der Waals surface area contributed by atoms with Crippen molar-refractivity contribution in [3.8, 4) is 0 Å². The number of aliphatic hydroxyl groups excluding tert-OH is 1. The molecule has 0 fully saturated rings. The van der Waals surface area contributed by atoms with Gasteiger partial charge in [-0.1, -0.05) is 15.9 Å². The number of halogens is 1. The van der Waals surface area contributed by atoms with Crippen LogP contribution in [0.2, 0.25) is 0 Å². The Bertz CT molecular complexity index is 319. The zero-order valence-electron chi connectivity index (χ0n) is 8.96. The molecule has 0 aliphatic heterocycles. The van der Waals surface area contributed by atoms with Crippen molar-refractivity contribution >= 4 is 27.7 Å². The quantitative estimate of drug-likeness (QED) is 0.818. The van der Waals surface area contributed by atoms with Crippen molar-refractivity contribution in [2.75, 3.05) is 19.4 Å². The fourth-order valence-electron chi connectivity index (χ4n) is 1.30. The number of aliphatic hydroxyl groups is 1. The molecule has 1 aromatic rings. The van der Waals surface area contributed by atoms with E-state index in [1.165, 1.54) is 10.5 Å². The van der Waals surface area contributed by atoms with Crippen LogP contribution in [0, 0.1) is 0 Å². The maximum Gasteiger partial charge on any atom is 0.0525 e. The third-order valence-electron chi connectivity index (χ3n) is 2.22. The molecule has 0 saturated heterocycles. The van der Waals surface area contributed by atoms with Gasteiger partial charge >= 0.3 is 0 Å². The van der Waals surface area contributed by atoms with Crippen LogP contribution in [-0.4, -0.2) is 24.5 Å². The van der Waals surface area contributed by atoms with E-state index in [2.05, 4.69) is 40.3 Å². The average molecular weight is 290 g/mol. The van der Waals surface area contributed by atoms with Gasteiger partial charge < -0.3 is 10.4 Å². The molecule has 0 saturated carbocycles. The highest BCUT2D eigenvalue weighted by Gasteiger charge is 2.09. The van der Waals surface area contributed by atoms with Crippen LogP contribution in [0.15, 0.2) is 27.6 Å². The zero-order valence-corrected chi connectivity index (χ0v) is 11.4. The van der Waals surface area contributed by atoms with Crippen molar-refractivity contribution in [2.24, 2.45) is 0 Å². The molecule has 0 radical (unpaired) electrons. The van der Waals surface area contributed by atoms with E-state index < -0.39 is 0 Å². The first kappa shape index (κ1) is 13.0. The normalized spacial score (nSPS) is 12.8. The minimum Gasteiger partial charge on any atom is -0.396 e. The largest absolute Gasteiger partial charge is 0.396 e. The molecule has 0 aliphatic carbocycles. The molecule has 0 bridgehead atoms. The van der Waals surface area contributed by atoms with Crippen LogP contribution in [0.3, 0.4) is 0 Å². The van der Waals surface area contributed by atoms with E-state index in [4.69, 9.17) is 5.11 Å². The van der Waals surface area contributed by atoms with E-state index in [0.29, 0.717) is 6.04 Å². The first-order valence-corrected chi connectivity index (χ1v) is 6.67. The lowest BCUT2D eigenvalue weighted by Gasteiger charge is -2.15. The summed E-state index contributed by atoms with van der Waals surface area (Å²) in [5.41, 5.74) is 1.27. The third kappa shape index (κ3) is 3.79. The van der Waals surface area contributed by atoms with Crippen LogP contribution in [0.5, 0.6) is 0 Å². The first-order chi connectivity index (χ1) is 7.19. The molecule has 0 aromatic heterocycles. The van der Waals surface area contributed by atoms with E-state index >= 15 is 0 Å². The van der Waals surface area contributed by atoms with Gasteiger partial charge in [-0.05, 0) is 37.7 Å². The Balaban J connectivity index is 2.92. The Labute approximate surface area is 104 Å². The van der Waals surface area contributed by atoms with E-state index in [1.807, 2.05) is 13.1 Å². The van der Waals surface area contributed by atoms with Crippen molar-refractivity contribution in [3.63, 3.8) is 0 Å². The highest BCUT2D eigenvalue weighted by molar-refractivity contribution is 9.10. The minimum absolute atomic E-state index is 0.216. The number of nitrogens with one attached hydrogen (secondary N) is 1. The molecular formula is C11H16BrNOS. The maximum absolute atomic E-state index is 8.82. The molecule has 0 heterocycles. The van der Waals surface area contributed by atoms with Crippen LogP contribution in [-0.2, 0) is 0 Å². The number of hydrogen-bond donors (Lipinski definition) is 2. The van der Waals surface area contributed by atoms with Crippen LogP contribution in [0.25, 0.3) is 0 Å². The first-order valence-electron chi connectivity index (χ1n) is 4.89. The van der Waals surface area contributed by atoms with E-state index in [1.54, 1.807) is 11.8 Å². The van der Waals surface area contributed by atoms with Crippen LogP contribution >= 0.6 is 27.7 Å². The van der Waals surface area contributed by atoms with E-state index in [0.717, 1.165) is 10.2 Å². The predicted molar refractivity (Wildman–Crippen MR) is 69.4 cm³/mol. The lowest BCUT2D eigenvalue weighted by Crippen LogP contribution is -2.13. The summed E-state index contributed by atoms with van der Waals surface area (Å²) in [4.78, 5) is 1.23. The van der Waals surface area contributed by atoms with Crippen molar-refractivity contribution < 1.29 is 5.11 Å². The molecule has 2 nitrogen and oxygen atoms in total. The highest BCUT2D eigenvalue weighted by Crippen LogP contribution is 2.29. The second kappa shape index (κ2) is 6.53. The van der Waals surface area contributed by atoms with Crippen molar-refractivity contribution in [1.29, 1.82) is 0 Å².